The van der Waals surface area contributed by atoms with Crippen LogP contribution in [0, 0.1) is 5.92 Å². The Morgan fingerprint density at radius 2 is 1.19 bits per heavy atom. The van der Waals surface area contributed by atoms with Crippen LogP contribution in [0.1, 0.15) is 43.7 Å². The molecule has 2 aromatic carbocycles. The molecule has 2 aliphatic heterocycles. The highest BCUT2D eigenvalue weighted by Gasteiger charge is 2.52. The average Bonchev–Trinajstić information content (AvgIpc) is 3.89. The fourth-order valence-electron chi connectivity index (χ4n) is 6.27. The van der Waals surface area contributed by atoms with Crippen LogP contribution >= 0.6 is 31.9 Å². The van der Waals surface area contributed by atoms with Crippen molar-refractivity contribution in [1.82, 2.24) is 9.80 Å². The van der Waals surface area contributed by atoms with Gasteiger partial charge in [-0.2, -0.15) is 0 Å². The Morgan fingerprint density at radius 3 is 1.49 bits per heavy atom. The maximum Gasteiger partial charge on any atom is 0.303 e. The second-order valence-electron chi connectivity index (χ2n) is 11.2. The van der Waals surface area contributed by atoms with E-state index in [-0.39, 0.29) is 57.3 Å². The zero-order valence-corrected chi connectivity index (χ0v) is 27.4. The van der Waals surface area contributed by atoms with Crippen LogP contribution in [0.3, 0.4) is 0 Å². The van der Waals surface area contributed by atoms with Crippen LogP contribution in [0.5, 0.6) is 11.5 Å². The van der Waals surface area contributed by atoms with E-state index in [1.807, 2.05) is 36.4 Å². The van der Waals surface area contributed by atoms with Crippen molar-refractivity contribution in [2.75, 3.05) is 52.6 Å². The second kappa shape index (κ2) is 15.2. The molecule has 10 nitrogen and oxygen atoms in total. The molecule has 4 N–H and O–H groups in total. The van der Waals surface area contributed by atoms with Gasteiger partial charge in [0.15, 0.2) is 0 Å². The van der Waals surface area contributed by atoms with Gasteiger partial charge in [0, 0.05) is 62.4 Å². The Bertz CT molecular complexity index is 1180. The minimum Gasteiger partial charge on any atom is -0.490 e. The second-order valence-corrected chi connectivity index (χ2v) is 12.9. The number of hydrogen-bond acceptors (Lipinski definition) is 8. The Labute approximate surface area is 268 Å². The molecule has 2 fully saturated rings. The molecule has 12 heteroatoms. The third kappa shape index (κ3) is 8.49. The van der Waals surface area contributed by atoms with Gasteiger partial charge in [0.2, 0.25) is 0 Å². The molecule has 2 atom stereocenters. The van der Waals surface area contributed by atoms with E-state index in [0.29, 0.717) is 33.3 Å². The highest BCUT2D eigenvalue weighted by molar-refractivity contribution is 9.10. The van der Waals surface area contributed by atoms with Gasteiger partial charge in [-0.3, -0.25) is 19.4 Å². The first-order chi connectivity index (χ1) is 20.6. The number of carboxylic acid groups (broad SMARTS) is 2. The van der Waals surface area contributed by atoms with Crippen LogP contribution < -0.4 is 9.47 Å². The molecular formula is C31H40Br2N2O8. The van der Waals surface area contributed by atoms with E-state index in [1.165, 1.54) is 0 Å². The molecular weight excluding hydrogens is 688 g/mol. The zero-order chi connectivity index (χ0) is 31.1. The average molecular weight is 728 g/mol. The monoisotopic (exact) mass is 726 g/mol. The van der Waals surface area contributed by atoms with E-state index in [9.17, 15) is 30.0 Å². The minimum atomic E-state index is -0.859. The van der Waals surface area contributed by atoms with Crippen molar-refractivity contribution < 1.29 is 39.5 Å². The predicted octanol–water partition coefficient (Wildman–Crippen LogP) is 3.97. The lowest BCUT2D eigenvalue weighted by Crippen LogP contribution is -2.52. The van der Waals surface area contributed by atoms with Crippen molar-refractivity contribution in [3.05, 3.63) is 56.5 Å². The van der Waals surface area contributed by atoms with Crippen LogP contribution in [0.2, 0.25) is 0 Å². The summed E-state index contributed by atoms with van der Waals surface area (Å²) in [7, 11) is 0. The number of carbonyl (C=O) groups is 2. The standard InChI is InChI=1S/C31H40Br2N2O8/c1-31(20-2-6-26(22(32)18-20)42-16-14-36,21-3-7-27(23(33)19-21)43-17-15-37)30(24(34-10-11-34)4-8-28(38)39)25(35-12-13-35)5-9-29(40)41/h2-3,6-7,18-19,24-25,30,36-37H,4-5,8-17H2,1H3,(H,38,39)(H,40,41). The summed E-state index contributed by atoms with van der Waals surface area (Å²) in [6.07, 6.45) is 0.888. The highest BCUT2D eigenvalue weighted by atomic mass is 79.9. The molecule has 236 valence electrons. The van der Waals surface area contributed by atoms with E-state index in [0.717, 1.165) is 37.3 Å². The number of carboxylic acids is 2. The largest absolute Gasteiger partial charge is 0.490 e. The smallest absolute Gasteiger partial charge is 0.303 e. The van der Waals surface area contributed by atoms with Gasteiger partial charge in [0.05, 0.1) is 22.2 Å². The first-order valence-corrected chi connectivity index (χ1v) is 16.2. The first kappa shape index (κ1) is 33.7. The molecule has 2 aromatic rings. The summed E-state index contributed by atoms with van der Waals surface area (Å²) in [5.41, 5.74) is 1.20. The summed E-state index contributed by atoms with van der Waals surface area (Å²) >= 11 is 7.33. The molecule has 0 amide bonds. The van der Waals surface area contributed by atoms with E-state index < -0.39 is 17.4 Å². The number of aliphatic carboxylic acids is 2. The third-order valence-corrected chi connectivity index (χ3v) is 9.71. The van der Waals surface area contributed by atoms with Gasteiger partial charge < -0.3 is 29.9 Å². The van der Waals surface area contributed by atoms with E-state index in [2.05, 4.69) is 48.6 Å². The van der Waals surface area contributed by atoms with Crippen LogP contribution in [0.15, 0.2) is 45.3 Å². The summed E-state index contributed by atoms with van der Waals surface area (Å²) in [5.74, 6) is -0.715. The lowest BCUT2D eigenvalue weighted by atomic mass is 9.60. The summed E-state index contributed by atoms with van der Waals surface area (Å²) < 4.78 is 12.9. The minimum absolute atomic E-state index is 0.00859. The summed E-state index contributed by atoms with van der Waals surface area (Å²) in [4.78, 5) is 28.3. The molecule has 2 saturated heterocycles. The summed E-state index contributed by atoms with van der Waals surface area (Å²) in [6, 6.07) is 11.5. The third-order valence-electron chi connectivity index (χ3n) is 8.47. The van der Waals surface area contributed by atoms with Crippen molar-refractivity contribution in [3.63, 3.8) is 0 Å². The Morgan fingerprint density at radius 1 is 0.791 bits per heavy atom. The topological polar surface area (TPSA) is 140 Å². The van der Waals surface area contributed by atoms with Gasteiger partial charge in [-0.25, -0.2) is 0 Å². The van der Waals surface area contributed by atoms with Crippen LogP contribution in [0.25, 0.3) is 0 Å². The number of aliphatic hydroxyl groups is 2. The van der Waals surface area contributed by atoms with Crippen molar-refractivity contribution in [2.24, 2.45) is 5.92 Å². The quantitative estimate of drug-likeness (QED) is 0.157. The SMILES string of the molecule is CC(c1ccc(OCCO)c(Br)c1)(c1ccc(OCCO)c(Br)c1)C(C(CCC(=O)O)N1CC1)C(CCC(=O)O)N1CC1. The molecule has 0 bridgehead atoms. The number of rotatable bonds is 19. The Kier molecular flexibility index (Phi) is 11.9. The molecule has 0 saturated carbocycles. The highest BCUT2D eigenvalue weighted by Crippen LogP contribution is 2.50. The van der Waals surface area contributed by atoms with Gasteiger partial charge >= 0.3 is 11.9 Å². The van der Waals surface area contributed by atoms with Crippen molar-refractivity contribution in [2.45, 2.75) is 50.1 Å². The normalized spacial score (nSPS) is 17.2. The number of benzene rings is 2. The van der Waals surface area contributed by atoms with E-state index in [4.69, 9.17) is 9.47 Å². The van der Waals surface area contributed by atoms with E-state index in [1.54, 1.807) is 0 Å². The summed E-state index contributed by atoms with van der Waals surface area (Å²) in [5, 5.41) is 38.0. The molecule has 43 heavy (non-hydrogen) atoms. The summed E-state index contributed by atoms with van der Waals surface area (Å²) in [6.45, 7) is 5.67. The van der Waals surface area contributed by atoms with Crippen molar-refractivity contribution in [1.29, 1.82) is 0 Å². The molecule has 2 heterocycles. The maximum atomic E-state index is 11.8. The lowest BCUT2D eigenvalue weighted by molar-refractivity contribution is -0.138. The van der Waals surface area contributed by atoms with Crippen molar-refractivity contribution >= 4 is 43.8 Å². The number of aliphatic hydroxyl groups excluding tert-OH is 2. The number of nitrogens with zero attached hydrogens (tertiary/aromatic N) is 2. The number of ether oxygens (including phenoxy) is 2. The van der Waals surface area contributed by atoms with Crippen LogP contribution in [0.4, 0.5) is 0 Å². The Hall–Kier alpha value is -2.22. The lowest BCUT2D eigenvalue weighted by Gasteiger charge is -2.48. The van der Waals surface area contributed by atoms with Gasteiger partial charge in [-0.05, 0) is 80.1 Å². The Balaban J connectivity index is 1.92. The first-order valence-electron chi connectivity index (χ1n) is 14.6. The number of hydrogen-bond donors (Lipinski definition) is 4. The van der Waals surface area contributed by atoms with Crippen molar-refractivity contribution in [3.8, 4) is 11.5 Å². The van der Waals surface area contributed by atoms with Gasteiger partial charge in [0.1, 0.15) is 24.7 Å². The van der Waals surface area contributed by atoms with Crippen LogP contribution in [-0.4, -0.2) is 107 Å². The molecule has 0 aliphatic carbocycles. The van der Waals surface area contributed by atoms with Gasteiger partial charge in [0.25, 0.3) is 0 Å². The predicted molar refractivity (Wildman–Crippen MR) is 168 cm³/mol. The molecule has 0 radical (unpaired) electrons. The maximum absolute atomic E-state index is 11.8. The van der Waals surface area contributed by atoms with Crippen LogP contribution in [-0.2, 0) is 15.0 Å². The fourth-order valence-corrected chi connectivity index (χ4v) is 7.26. The van der Waals surface area contributed by atoms with Gasteiger partial charge in [-0.1, -0.05) is 19.1 Å². The van der Waals surface area contributed by atoms with E-state index >= 15 is 0 Å². The fraction of sp³-hybridized carbons (Fsp3) is 0.548. The molecule has 4 rings (SSSR count). The molecule has 0 spiro atoms. The van der Waals surface area contributed by atoms with Gasteiger partial charge in [-0.15, -0.1) is 0 Å². The molecule has 2 unspecified atom stereocenters. The molecule has 2 aliphatic rings. The molecule has 0 aromatic heterocycles. The number of halogens is 2. The zero-order valence-electron chi connectivity index (χ0n) is 24.3.